The van der Waals surface area contributed by atoms with Crippen molar-refractivity contribution in [2.24, 2.45) is 7.05 Å². The summed E-state index contributed by atoms with van der Waals surface area (Å²) in [4.78, 5) is 45.6. The van der Waals surface area contributed by atoms with Gasteiger partial charge >= 0.3 is 0 Å². The molecular formula is C31H35N5O3S. The van der Waals surface area contributed by atoms with Crippen LogP contribution >= 0.6 is 11.3 Å². The second-order valence-electron chi connectivity index (χ2n) is 9.98. The van der Waals surface area contributed by atoms with Gasteiger partial charge in [-0.3, -0.25) is 19.4 Å². The first-order chi connectivity index (χ1) is 19.3. The maximum Gasteiger partial charge on any atom is 0.253 e. The third-order valence-electron chi connectivity index (χ3n) is 6.92. The number of rotatable bonds is 9. The summed E-state index contributed by atoms with van der Waals surface area (Å²) in [5.74, 6) is -0.493. The Balaban J connectivity index is 0.000000867. The summed E-state index contributed by atoms with van der Waals surface area (Å²) in [5.41, 5.74) is 4.54. The molecule has 0 radical (unpaired) electrons. The number of aryl methyl sites for hydroxylation is 1. The number of thiazole rings is 1. The van der Waals surface area contributed by atoms with Gasteiger partial charge in [-0.1, -0.05) is 44.9 Å². The van der Waals surface area contributed by atoms with E-state index in [1.165, 1.54) is 24.2 Å². The van der Waals surface area contributed by atoms with E-state index in [1.54, 1.807) is 36.1 Å². The van der Waals surface area contributed by atoms with Crippen LogP contribution in [0.4, 0.5) is 5.13 Å². The van der Waals surface area contributed by atoms with Crippen LogP contribution in [-0.2, 0) is 22.1 Å². The Hall–Kier alpha value is -4.11. The Morgan fingerprint density at radius 2 is 1.75 bits per heavy atom. The first kappa shape index (κ1) is 28.9. The van der Waals surface area contributed by atoms with Gasteiger partial charge in [-0.05, 0) is 55.2 Å². The molecular weight excluding hydrogens is 522 g/mol. The quantitative estimate of drug-likeness (QED) is 0.262. The van der Waals surface area contributed by atoms with Gasteiger partial charge in [0.1, 0.15) is 5.78 Å². The van der Waals surface area contributed by atoms with Crippen LogP contribution in [0.25, 0.3) is 22.4 Å². The zero-order valence-electron chi connectivity index (χ0n) is 23.4. The average Bonchev–Trinajstić information content (AvgIpc) is 3.48. The van der Waals surface area contributed by atoms with Crippen LogP contribution in [0, 0.1) is 0 Å². The third-order valence-corrected chi connectivity index (χ3v) is 7.68. The van der Waals surface area contributed by atoms with E-state index >= 15 is 0 Å². The molecule has 0 saturated heterocycles. The molecule has 1 aliphatic carbocycles. The second kappa shape index (κ2) is 12.8. The second-order valence-corrected chi connectivity index (χ2v) is 10.8. The molecule has 5 rings (SSSR count). The molecule has 2 amide bonds. The number of nitrogens with one attached hydrogen (secondary N) is 2. The molecule has 3 aromatic heterocycles. The largest absolute Gasteiger partial charge is 0.356 e. The minimum absolute atomic E-state index is 0.149. The molecule has 0 unspecified atom stereocenters. The summed E-state index contributed by atoms with van der Waals surface area (Å²) in [6.07, 6.45) is 9.55. The van der Waals surface area contributed by atoms with Crippen LogP contribution in [0.2, 0.25) is 0 Å². The number of carbonyl (C=O) groups is 3. The van der Waals surface area contributed by atoms with E-state index in [-0.39, 0.29) is 24.1 Å². The number of unbranched alkanes of at least 4 members (excludes halogenated alkanes) is 1. The molecule has 3 heterocycles. The number of aromatic nitrogens is 3. The minimum Gasteiger partial charge on any atom is -0.356 e. The van der Waals surface area contributed by atoms with E-state index < -0.39 is 5.41 Å². The van der Waals surface area contributed by atoms with Crippen molar-refractivity contribution in [1.82, 2.24) is 19.9 Å². The Morgan fingerprint density at radius 3 is 2.40 bits per heavy atom. The molecule has 0 atom stereocenters. The molecule has 0 bridgehead atoms. The van der Waals surface area contributed by atoms with Gasteiger partial charge in [0.2, 0.25) is 5.91 Å². The van der Waals surface area contributed by atoms with Gasteiger partial charge in [0, 0.05) is 36.6 Å². The van der Waals surface area contributed by atoms with Crippen LogP contribution in [-0.4, -0.2) is 38.7 Å². The van der Waals surface area contributed by atoms with Crippen LogP contribution in [0.1, 0.15) is 62.5 Å². The minimum atomic E-state index is -0.420. The molecule has 40 heavy (non-hydrogen) atoms. The van der Waals surface area contributed by atoms with Crippen molar-refractivity contribution in [3.05, 3.63) is 77.7 Å². The van der Waals surface area contributed by atoms with E-state index in [9.17, 15) is 14.4 Å². The summed E-state index contributed by atoms with van der Waals surface area (Å²) >= 11 is 1.32. The highest BCUT2D eigenvalue weighted by Crippen LogP contribution is 2.48. The van der Waals surface area contributed by atoms with E-state index in [1.807, 2.05) is 48.8 Å². The molecule has 208 valence electrons. The number of hydrogen-bond acceptors (Lipinski definition) is 6. The summed E-state index contributed by atoms with van der Waals surface area (Å²) in [7, 11) is 1.82. The van der Waals surface area contributed by atoms with E-state index in [0.29, 0.717) is 10.7 Å². The van der Waals surface area contributed by atoms with Crippen molar-refractivity contribution >= 4 is 34.1 Å². The smallest absolute Gasteiger partial charge is 0.253 e. The maximum absolute atomic E-state index is 12.3. The third kappa shape index (κ3) is 6.90. The van der Waals surface area contributed by atoms with Crippen molar-refractivity contribution < 1.29 is 14.4 Å². The lowest BCUT2D eigenvalue weighted by Crippen LogP contribution is -2.32. The summed E-state index contributed by atoms with van der Waals surface area (Å²) in [6, 6.07) is 13.6. The first-order valence-corrected chi connectivity index (χ1v) is 14.4. The maximum atomic E-state index is 12.3. The van der Waals surface area contributed by atoms with Gasteiger partial charge < -0.3 is 15.2 Å². The topological polar surface area (TPSA) is 106 Å². The number of benzene rings is 1. The van der Waals surface area contributed by atoms with Crippen molar-refractivity contribution in [2.75, 3.05) is 11.9 Å². The highest BCUT2D eigenvalue weighted by Gasteiger charge is 2.50. The highest BCUT2D eigenvalue weighted by atomic mass is 32.1. The summed E-state index contributed by atoms with van der Waals surface area (Å²) < 4.78 is 1.77. The fourth-order valence-electron chi connectivity index (χ4n) is 4.17. The van der Waals surface area contributed by atoms with Crippen molar-refractivity contribution in [3.8, 4) is 22.4 Å². The Morgan fingerprint density at radius 1 is 1.02 bits per heavy atom. The summed E-state index contributed by atoms with van der Waals surface area (Å²) in [6.45, 7) is 5.85. The van der Waals surface area contributed by atoms with Gasteiger partial charge in [-0.25, -0.2) is 4.98 Å². The number of Topliss-reactive ketones (excluding diaryl/α,β-unsaturated/α-hetero) is 1. The van der Waals surface area contributed by atoms with Crippen LogP contribution in [0.15, 0.2) is 66.4 Å². The molecule has 1 saturated carbocycles. The molecule has 0 spiro atoms. The fraction of sp³-hybridized carbons (Fsp3) is 0.323. The Labute approximate surface area is 238 Å². The zero-order valence-corrected chi connectivity index (χ0v) is 24.2. The van der Waals surface area contributed by atoms with Gasteiger partial charge in [-0.2, -0.15) is 0 Å². The number of ketones is 1. The molecule has 9 heteroatoms. The predicted molar refractivity (Wildman–Crippen MR) is 159 cm³/mol. The molecule has 1 aliphatic rings. The molecule has 4 aromatic rings. The van der Waals surface area contributed by atoms with Gasteiger partial charge in [-0.15, -0.1) is 11.3 Å². The van der Waals surface area contributed by atoms with Crippen LogP contribution < -0.4 is 10.6 Å². The predicted octanol–water partition coefficient (Wildman–Crippen LogP) is 6.01. The molecule has 0 aliphatic heterocycles. The monoisotopic (exact) mass is 557 g/mol. The van der Waals surface area contributed by atoms with Gasteiger partial charge in [0.25, 0.3) is 5.91 Å². The first-order valence-electron chi connectivity index (χ1n) is 13.5. The number of nitrogens with zero attached hydrogens (tertiary/aromatic N) is 3. The lowest BCUT2D eigenvalue weighted by Gasteiger charge is -2.12. The van der Waals surface area contributed by atoms with E-state index in [0.717, 1.165) is 40.9 Å². The van der Waals surface area contributed by atoms with E-state index in [4.69, 9.17) is 0 Å². The number of pyridine rings is 1. The Bertz CT molecular complexity index is 1500. The average molecular weight is 558 g/mol. The molecule has 2 N–H and O–H groups in total. The number of anilines is 1. The van der Waals surface area contributed by atoms with E-state index in [2.05, 4.69) is 34.4 Å². The fourth-order valence-corrected chi connectivity index (χ4v) is 4.91. The SMILES string of the molecule is CC(=O)C1(c2cc(-c3cccc(-c4csc(NC(=O)CNC(=O)c5ccn(C)c5)n4)c3)ccn2)CC1.CCCC. The highest BCUT2D eigenvalue weighted by molar-refractivity contribution is 7.14. The lowest BCUT2D eigenvalue weighted by atomic mass is 9.94. The lowest BCUT2D eigenvalue weighted by molar-refractivity contribution is -0.119. The number of amides is 2. The normalized spacial score (nSPS) is 13.1. The molecule has 8 nitrogen and oxygen atoms in total. The Kier molecular flexibility index (Phi) is 9.26. The van der Waals surface area contributed by atoms with Gasteiger partial charge in [0.05, 0.1) is 28.9 Å². The molecule has 1 aromatic carbocycles. The zero-order chi connectivity index (χ0) is 28.7. The number of hydrogen-bond donors (Lipinski definition) is 2. The van der Waals surface area contributed by atoms with Crippen LogP contribution in [0.5, 0.6) is 0 Å². The molecule has 1 fully saturated rings. The van der Waals surface area contributed by atoms with Crippen LogP contribution in [0.3, 0.4) is 0 Å². The van der Waals surface area contributed by atoms with Crippen molar-refractivity contribution in [3.63, 3.8) is 0 Å². The van der Waals surface area contributed by atoms with Crippen molar-refractivity contribution in [2.45, 2.75) is 51.9 Å². The van der Waals surface area contributed by atoms with Crippen molar-refractivity contribution in [1.29, 1.82) is 0 Å². The standard InChI is InChI=1S/C27H25N5O3S.C4H10/c1-17(33)27(8-9-27)23-13-19(6-10-28-23)18-4-3-5-20(12-18)22-16-36-26(30-22)31-24(34)14-29-25(35)21-7-11-32(2)15-21;1-3-4-2/h3-7,10-13,15-16H,8-9,14H2,1-2H3,(H,29,35)(H,30,31,34);3-4H2,1-2H3. The van der Waals surface area contributed by atoms with Gasteiger partial charge in [0.15, 0.2) is 5.13 Å². The number of carbonyl (C=O) groups excluding carboxylic acids is 3. The summed E-state index contributed by atoms with van der Waals surface area (Å²) in [5, 5.41) is 7.68.